The van der Waals surface area contributed by atoms with E-state index in [4.69, 9.17) is 11.6 Å². The molecule has 0 fully saturated rings. The number of hydrogen-bond donors (Lipinski definition) is 1. The van der Waals surface area contributed by atoms with Crippen LogP contribution in [0.5, 0.6) is 0 Å². The third kappa shape index (κ3) is 5.12. The van der Waals surface area contributed by atoms with Crippen LogP contribution in [-0.4, -0.2) is 34.7 Å². The Kier molecular flexibility index (Phi) is 7.90. The van der Waals surface area contributed by atoms with Gasteiger partial charge in [-0.25, -0.2) is 4.79 Å². The van der Waals surface area contributed by atoms with Crippen LogP contribution in [0.2, 0.25) is 5.15 Å². The van der Waals surface area contributed by atoms with Crippen molar-refractivity contribution in [3.63, 3.8) is 0 Å². The van der Waals surface area contributed by atoms with Gasteiger partial charge in [0, 0.05) is 24.5 Å². The molecule has 3 heterocycles. The summed E-state index contributed by atoms with van der Waals surface area (Å²) in [5.41, 5.74) is 4.74. The van der Waals surface area contributed by atoms with Gasteiger partial charge in [0.2, 0.25) is 5.82 Å². The van der Waals surface area contributed by atoms with Crippen LogP contribution in [0, 0.1) is 0 Å². The largest absolute Gasteiger partial charge is 0.329 e. The van der Waals surface area contributed by atoms with Gasteiger partial charge in [-0.05, 0) is 47.2 Å². The quantitative estimate of drug-likeness (QED) is 0.301. The number of aromatic amines is 1. The molecule has 3 aromatic heterocycles. The average Bonchev–Trinajstić information content (AvgIpc) is 3.47. The van der Waals surface area contributed by atoms with Crippen LogP contribution in [0.15, 0.2) is 47.5 Å². The molecule has 0 bridgehead atoms. The molecule has 0 atom stereocenters. The topological polar surface area (TPSA) is 94.3 Å². The van der Waals surface area contributed by atoms with E-state index in [2.05, 4.69) is 51.6 Å². The maximum absolute atomic E-state index is 13.2. The number of imidazole rings is 1. The van der Waals surface area contributed by atoms with Crippen molar-refractivity contribution in [2.75, 3.05) is 0 Å². The predicted octanol–water partition coefficient (Wildman–Crippen LogP) is 5.13. The molecule has 0 amide bonds. The molecule has 4 aromatic rings. The number of tetrazole rings is 1. The molecule has 0 saturated carbocycles. The SMILES string of the molecule is CCCCCc1c(Cl)n(CCCC)c(=O)n1Cc1ccc(-c2ccncc2-c2nn[nH]n2)cc1. The molecule has 8 nitrogen and oxygen atoms in total. The number of nitrogens with one attached hydrogen (secondary N) is 1. The number of aromatic nitrogens is 7. The lowest BCUT2D eigenvalue weighted by Crippen LogP contribution is -2.25. The summed E-state index contributed by atoms with van der Waals surface area (Å²) in [5.74, 6) is 0.499. The summed E-state index contributed by atoms with van der Waals surface area (Å²) in [7, 11) is 0. The molecule has 1 N–H and O–H groups in total. The Morgan fingerprint density at radius 3 is 2.47 bits per heavy atom. The highest BCUT2D eigenvalue weighted by atomic mass is 35.5. The fourth-order valence-electron chi connectivity index (χ4n) is 4.14. The first-order valence-corrected chi connectivity index (χ1v) is 12.3. The second-order valence-electron chi connectivity index (χ2n) is 8.42. The molecule has 4 rings (SSSR count). The fourth-order valence-corrected chi connectivity index (χ4v) is 4.49. The second-order valence-corrected chi connectivity index (χ2v) is 8.78. The van der Waals surface area contributed by atoms with Crippen molar-refractivity contribution in [1.82, 2.24) is 34.7 Å². The molecule has 0 aliphatic carbocycles. The van der Waals surface area contributed by atoms with Crippen molar-refractivity contribution in [3.8, 4) is 22.5 Å². The van der Waals surface area contributed by atoms with E-state index >= 15 is 0 Å². The Hall–Kier alpha value is -3.26. The molecule has 0 radical (unpaired) electrons. The van der Waals surface area contributed by atoms with Crippen molar-refractivity contribution in [2.45, 2.75) is 65.5 Å². The maximum Gasteiger partial charge on any atom is 0.329 e. The smallest absolute Gasteiger partial charge is 0.290 e. The lowest BCUT2D eigenvalue weighted by Gasteiger charge is -2.10. The number of benzene rings is 1. The Labute approximate surface area is 204 Å². The molecule has 0 aliphatic rings. The van der Waals surface area contributed by atoms with Gasteiger partial charge in [-0.3, -0.25) is 14.1 Å². The summed E-state index contributed by atoms with van der Waals surface area (Å²) in [5, 5.41) is 14.9. The first-order chi connectivity index (χ1) is 16.6. The van der Waals surface area contributed by atoms with E-state index in [-0.39, 0.29) is 5.69 Å². The second kappa shape index (κ2) is 11.2. The van der Waals surface area contributed by atoms with Crippen LogP contribution in [0.3, 0.4) is 0 Å². The molecule has 0 saturated heterocycles. The highest BCUT2D eigenvalue weighted by molar-refractivity contribution is 6.30. The predicted molar refractivity (Wildman–Crippen MR) is 134 cm³/mol. The summed E-state index contributed by atoms with van der Waals surface area (Å²) < 4.78 is 3.58. The lowest BCUT2D eigenvalue weighted by atomic mass is 10.00. The Morgan fingerprint density at radius 2 is 1.76 bits per heavy atom. The van der Waals surface area contributed by atoms with E-state index in [0.29, 0.717) is 24.1 Å². The van der Waals surface area contributed by atoms with Crippen LogP contribution < -0.4 is 5.69 Å². The normalized spacial score (nSPS) is 11.3. The van der Waals surface area contributed by atoms with Gasteiger partial charge >= 0.3 is 5.69 Å². The number of halogens is 1. The Morgan fingerprint density at radius 1 is 0.971 bits per heavy atom. The number of unbranched alkanes of at least 4 members (excludes halogenated alkanes) is 3. The van der Waals surface area contributed by atoms with E-state index in [1.807, 2.05) is 22.8 Å². The Bertz CT molecular complexity index is 1260. The zero-order valence-electron chi connectivity index (χ0n) is 19.7. The zero-order valence-corrected chi connectivity index (χ0v) is 20.4. The van der Waals surface area contributed by atoms with Crippen molar-refractivity contribution in [1.29, 1.82) is 0 Å². The number of hydrogen-bond acceptors (Lipinski definition) is 5. The molecule has 9 heteroatoms. The van der Waals surface area contributed by atoms with E-state index in [1.165, 1.54) is 0 Å². The third-order valence-electron chi connectivity index (χ3n) is 6.03. The molecule has 0 aliphatic heterocycles. The number of rotatable bonds is 11. The lowest BCUT2D eigenvalue weighted by molar-refractivity contribution is 0.591. The molecule has 1 aromatic carbocycles. The van der Waals surface area contributed by atoms with Gasteiger partial charge in [0.1, 0.15) is 5.15 Å². The van der Waals surface area contributed by atoms with E-state index < -0.39 is 0 Å². The van der Waals surface area contributed by atoms with E-state index in [0.717, 1.165) is 66.5 Å². The standard InChI is InChI=1S/C25H30ClN7O/c1-3-5-7-8-22-23(26)32(15-6-4-2)25(34)33(22)17-18-9-11-19(12-10-18)20-13-14-27-16-21(20)24-28-30-31-29-24/h9-14,16H,3-8,15,17H2,1-2H3,(H,28,29,30,31). The zero-order chi connectivity index (χ0) is 23.9. The van der Waals surface area contributed by atoms with Crippen molar-refractivity contribution in [2.24, 2.45) is 0 Å². The summed E-state index contributed by atoms with van der Waals surface area (Å²) in [4.78, 5) is 17.4. The van der Waals surface area contributed by atoms with E-state index in [9.17, 15) is 4.79 Å². The van der Waals surface area contributed by atoms with Gasteiger partial charge in [-0.2, -0.15) is 5.21 Å². The fraction of sp³-hybridized carbons (Fsp3) is 0.400. The van der Waals surface area contributed by atoms with Gasteiger partial charge in [0.15, 0.2) is 0 Å². The van der Waals surface area contributed by atoms with Gasteiger partial charge in [-0.1, -0.05) is 69.0 Å². The molecular weight excluding hydrogens is 450 g/mol. The first kappa shape index (κ1) is 23.9. The summed E-state index contributed by atoms with van der Waals surface area (Å²) >= 11 is 6.70. The van der Waals surface area contributed by atoms with Crippen LogP contribution in [0.25, 0.3) is 22.5 Å². The number of pyridine rings is 1. The van der Waals surface area contributed by atoms with Crippen molar-refractivity contribution in [3.05, 3.63) is 69.6 Å². The van der Waals surface area contributed by atoms with Crippen LogP contribution in [-0.2, 0) is 19.5 Å². The molecule has 178 valence electrons. The third-order valence-corrected chi connectivity index (χ3v) is 6.45. The maximum atomic E-state index is 13.2. The molecule has 0 unspecified atom stereocenters. The number of nitrogens with zero attached hydrogens (tertiary/aromatic N) is 6. The minimum atomic E-state index is -0.0254. The monoisotopic (exact) mass is 479 g/mol. The van der Waals surface area contributed by atoms with Crippen LogP contribution in [0.4, 0.5) is 0 Å². The molecule has 34 heavy (non-hydrogen) atoms. The summed E-state index contributed by atoms with van der Waals surface area (Å²) in [6, 6.07) is 10.1. The van der Waals surface area contributed by atoms with Crippen molar-refractivity contribution < 1.29 is 0 Å². The summed E-state index contributed by atoms with van der Waals surface area (Å²) in [6.45, 7) is 5.44. The number of H-pyrrole nitrogens is 1. The van der Waals surface area contributed by atoms with Crippen molar-refractivity contribution >= 4 is 11.6 Å². The first-order valence-electron chi connectivity index (χ1n) is 11.9. The summed E-state index contributed by atoms with van der Waals surface area (Å²) in [6.07, 6.45) is 9.50. The van der Waals surface area contributed by atoms with Crippen LogP contribution in [0.1, 0.15) is 57.2 Å². The average molecular weight is 480 g/mol. The van der Waals surface area contributed by atoms with E-state index in [1.54, 1.807) is 17.0 Å². The Balaban J connectivity index is 1.62. The minimum Gasteiger partial charge on any atom is -0.290 e. The molecule has 0 spiro atoms. The van der Waals surface area contributed by atoms with Gasteiger partial charge in [-0.15, -0.1) is 10.2 Å². The van der Waals surface area contributed by atoms with Gasteiger partial charge in [0.25, 0.3) is 0 Å². The highest BCUT2D eigenvalue weighted by Crippen LogP contribution is 2.29. The molecular formula is C25H30ClN7O. The highest BCUT2D eigenvalue weighted by Gasteiger charge is 2.18. The van der Waals surface area contributed by atoms with Gasteiger partial charge < -0.3 is 0 Å². The van der Waals surface area contributed by atoms with Crippen LogP contribution >= 0.6 is 11.6 Å². The minimum absolute atomic E-state index is 0.0254. The van der Waals surface area contributed by atoms with Gasteiger partial charge in [0.05, 0.1) is 12.2 Å².